The van der Waals surface area contributed by atoms with Crippen molar-refractivity contribution in [2.45, 2.75) is 36.7 Å². The zero-order valence-electron chi connectivity index (χ0n) is 11.2. The van der Waals surface area contributed by atoms with E-state index in [0.29, 0.717) is 19.0 Å². The summed E-state index contributed by atoms with van der Waals surface area (Å²) in [7, 11) is 0. The second kappa shape index (κ2) is 5.75. The maximum Gasteiger partial charge on any atom is 0.227 e. The first-order valence-corrected chi connectivity index (χ1v) is 7.27. The van der Waals surface area contributed by atoms with Crippen LogP contribution in [-0.4, -0.2) is 16.8 Å². The van der Waals surface area contributed by atoms with Gasteiger partial charge < -0.3 is 9.32 Å². The van der Waals surface area contributed by atoms with E-state index in [1.807, 2.05) is 41.3 Å². The van der Waals surface area contributed by atoms with Gasteiger partial charge in [-0.2, -0.15) is 0 Å². The van der Waals surface area contributed by atoms with E-state index in [2.05, 4.69) is 12.6 Å². The SMILES string of the molecule is O=C(Cc1ccc(S)cc1)N(Cc1ccco1)C1CC1. The van der Waals surface area contributed by atoms with Crippen molar-refractivity contribution >= 4 is 18.5 Å². The Balaban J connectivity index is 1.67. The molecule has 1 aromatic heterocycles. The zero-order valence-corrected chi connectivity index (χ0v) is 12.1. The molecule has 104 valence electrons. The van der Waals surface area contributed by atoms with E-state index < -0.39 is 0 Å². The van der Waals surface area contributed by atoms with Gasteiger partial charge in [0.25, 0.3) is 0 Å². The Morgan fingerprint density at radius 1 is 1.25 bits per heavy atom. The van der Waals surface area contributed by atoms with Crippen LogP contribution in [0.3, 0.4) is 0 Å². The monoisotopic (exact) mass is 287 g/mol. The fraction of sp³-hybridized carbons (Fsp3) is 0.312. The van der Waals surface area contributed by atoms with E-state index in [0.717, 1.165) is 29.1 Å². The van der Waals surface area contributed by atoms with Crippen LogP contribution in [0.1, 0.15) is 24.2 Å². The van der Waals surface area contributed by atoms with Crippen LogP contribution in [0, 0.1) is 0 Å². The van der Waals surface area contributed by atoms with E-state index in [1.54, 1.807) is 6.26 Å². The highest BCUT2D eigenvalue weighted by Crippen LogP contribution is 2.29. The Morgan fingerprint density at radius 2 is 2.00 bits per heavy atom. The summed E-state index contributed by atoms with van der Waals surface area (Å²) >= 11 is 4.26. The lowest BCUT2D eigenvalue weighted by Gasteiger charge is -2.21. The number of carbonyl (C=O) groups excluding carboxylic acids is 1. The van der Waals surface area contributed by atoms with E-state index in [1.165, 1.54) is 0 Å². The molecule has 1 aliphatic carbocycles. The van der Waals surface area contributed by atoms with Gasteiger partial charge in [-0.3, -0.25) is 4.79 Å². The highest BCUT2D eigenvalue weighted by molar-refractivity contribution is 7.80. The van der Waals surface area contributed by atoms with E-state index in [4.69, 9.17) is 4.42 Å². The van der Waals surface area contributed by atoms with Crippen LogP contribution in [0.5, 0.6) is 0 Å². The maximum atomic E-state index is 12.5. The number of rotatable bonds is 5. The number of hydrogen-bond donors (Lipinski definition) is 1. The third kappa shape index (κ3) is 3.25. The molecule has 0 unspecified atom stereocenters. The lowest BCUT2D eigenvalue weighted by atomic mass is 10.1. The van der Waals surface area contributed by atoms with Crippen molar-refractivity contribution in [2.75, 3.05) is 0 Å². The highest BCUT2D eigenvalue weighted by atomic mass is 32.1. The molecule has 1 aromatic carbocycles. The van der Waals surface area contributed by atoms with Gasteiger partial charge in [0.05, 0.1) is 19.2 Å². The summed E-state index contributed by atoms with van der Waals surface area (Å²) in [6.45, 7) is 0.571. The molecule has 0 N–H and O–H groups in total. The lowest BCUT2D eigenvalue weighted by molar-refractivity contribution is -0.131. The van der Waals surface area contributed by atoms with Crippen LogP contribution in [0.4, 0.5) is 0 Å². The predicted molar refractivity (Wildman–Crippen MR) is 79.7 cm³/mol. The fourth-order valence-corrected chi connectivity index (χ4v) is 2.42. The first kappa shape index (κ1) is 13.3. The van der Waals surface area contributed by atoms with Crippen molar-refractivity contribution in [3.8, 4) is 0 Å². The van der Waals surface area contributed by atoms with Gasteiger partial charge in [0, 0.05) is 10.9 Å². The molecule has 1 fully saturated rings. The molecule has 1 saturated carbocycles. The molecule has 0 radical (unpaired) electrons. The van der Waals surface area contributed by atoms with E-state index in [-0.39, 0.29) is 5.91 Å². The Kier molecular flexibility index (Phi) is 3.83. The van der Waals surface area contributed by atoms with Crippen molar-refractivity contribution in [1.29, 1.82) is 0 Å². The third-order valence-electron chi connectivity index (χ3n) is 3.51. The number of amides is 1. The molecule has 1 amide bonds. The number of hydrogen-bond acceptors (Lipinski definition) is 3. The molecule has 20 heavy (non-hydrogen) atoms. The summed E-state index contributed by atoms with van der Waals surface area (Å²) in [5.74, 6) is 1.01. The van der Waals surface area contributed by atoms with Crippen molar-refractivity contribution in [3.05, 3.63) is 54.0 Å². The summed E-state index contributed by atoms with van der Waals surface area (Å²) in [6, 6.07) is 11.9. The van der Waals surface area contributed by atoms with Gasteiger partial charge in [-0.1, -0.05) is 12.1 Å². The van der Waals surface area contributed by atoms with Crippen LogP contribution in [0.15, 0.2) is 52.0 Å². The molecule has 1 heterocycles. The minimum Gasteiger partial charge on any atom is -0.467 e. The third-order valence-corrected chi connectivity index (χ3v) is 3.80. The van der Waals surface area contributed by atoms with Crippen LogP contribution in [-0.2, 0) is 17.8 Å². The van der Waals surface area contributed by atoms with E-state index >= 15 is 0 Å². The largest absolute Gasteiger partial charge is 0.467 e. The van der Waals surface area contributed by atoms with Gasteiger partial charge in [0.2, 0.25) is 5.91 Å². The van der Waals surface area contributed by atoms with Crippen molar-refractivity contribution in [3.63, 3.8) is 0 Å². The number of nitrogens with zero attached hydrogens (tertiary/aromatic N) is 1. The molecule has 0 saturated heterocycles. The summed E-state index contributed by atoms with van der Waals surface area (Å²) < 4.78 is 5.35. The van der Waals surface area contributed by atoms with Crippen molar-refractivity contribution in [2.24, 2.45) is 0 Å². The molecule has 2 aromatic rings. The number of furan rings is 1. The minimum atomic E-state index is 0.163. The average molecular weight is 287 g/mol. The molecule has 0 spiro atoms. The van der Waals surface area contributed by atoms with Gasteiger partial charge in [-0.25, -0.2) is 0 Å². The van der Waals surface area contributed by atoms with Gasteiger partial charge >= 0.3 is 0 Å². The number of carbonyl (C=O) groups is 1. The van der Waals surface area contributed by atoms with Crippen LogP contribution >= 0.6 is 12.6 Å². The topological polar surface area (TPSA) is 33.5 Å². The van der Waals surface area contributed by atoms with Crippen LogP contribution < -0.4 is 0 Å². The second-order valence-electron chi connectivity index (χ2n) is 5.18. The molecule has 0 atom stereocenters. The number of benzene rings is 1. The Labute approximate surface area is 124 Å². The summed E-state index contributed by atoms with van der Waals surface area (Å²) in [5.41, 5.74) is 1.03. The molecule has 0 bridgehead atoms. The molecule has 3 rings (SSSR count). The molecule has 3 nitrogen and oxygen atoms in total. The molecular formula is C16H17NO2S. The Hall–Kier alpha value is -1.68. The fourth-order valence-electron chi connectivity index (χ4n) is 2.27. The standard InChI is InChI=1S/C16H17NO2S/c18-16(10-12-3-7-15(20)8-4-12)17(13-5-6-13)11-14-2-1-9-19-14/h1-4,7-9,13,20H,5-6,10-11H2. The lowest BCUT2D eigenvalue weighted by Crippen LogP contribution is -2.33. The molecular weight excluding hydrogens is 270 g/mol. The first-order chi connectivity index (χ1) is 9.72. The van der Waals surface area contributed by atoms with Crippen molar-refractivity contribution < 1.29 is 9.21 Å². The quantitative estimate of drug-likeness (QED) is 0.856. The Morgan fingerprint density at radius 3 is 2.60 bits per heavy atom. The summed E-state index contributed by atoms with van der Waals surface area (Å²) in [5, 5.41) is 0. The zero-order chi connectivity index (χ0) is 13.9. The predicted octanol–water partition coefficient (Wildman–Crippen LogP) is 3.30. The van der Waals surface area contributed by atoms with Crippen LogP contribution in [0.2, 0.25) is 0 Å². The average Bonchev–Trinajstić information content (AvgIpc) is 3.15. The van der Waals surface area contributed by atoms with Gasteiger partial charge in [0.15, 0.2) is 0 Å². The highest BCUT2D eigenvalue weighted by Gasteiger charge is 2.32. The van der Waals surface area contributed by atoms with Crippen LogP contribution in [0.25, 0.3) is 0 Å². The summed E-state index contributed by atoms with van der Waals surface area (Å²) in [6.07, 6.45) is 4.28. The molecule has 1 aliphatic rings. The maximum absolute atomic E-state index is 12.5. The van der Waals surface area contributed by atoms with Gasteiger partial charge in [-0.15, -0.1) is 12.6 Å². The first-order valence-electron chi connectivity index (χ1n) is 6.82. The van der Waals surface area contributed by atoms with Crippen molar-refractivity contribution in [1.82, 2.24) is 4.90 Å². The number of thiol groups is 1. The second-order valence-corrected chi connectivity index (χ2v) is 5.69. The van der Waals surface area contributed by atoms with Gasteiger partial charge in [0.1, 0.15) is 5.76 Å². The normalized spacial score (nSPS) is 14.2. The molecule has 4 heteroatoms. The summed E-state index contributed by atoms with van der Waals surface area (Å²) in [4.78, 5) is 15.3. The Bertz CT molecular complexity index is 573. The molecule has 0 aliphatic heterocycles. The van der Waals surface area contributed by atoms with E-state index in [9.17, 15) is 4.79 Å². The minimum absolute atomic E-state index is 0.163. The smallest absolute Gasteiger partial charge is 0.227 e. The van der Waals surface area contributed by atoms with Gasteiger partial charge in [-0.05, 0) is 42.7 Å².